The number of nitrogens with zero attached hydrogens (tertiary/aromatic N) is 1. The molecule has 3 rings (SSSR count). The molecule has 1 aromatic heterocycles. The molecule has 0 saturated carbocycles. The van der Waals surface area contributed by atoms with Crippen LogP contribution in [-0.4, -0.2) is 16.8 Å². The maximum atomic E-state index is 13.2. The van der Waals surface area contributed by atoms with Crippen LogP contribution in [0.1, 0.15) is 21.5 Å². The van der Waals surface area contributed by atoms with Crippen molar-refractivity contribution in [2.75, 3.05) is 5.32 Å². The van der Waals surface area contributed by atoms with Crippen LogP contribution in [0.2, 0.25) is 0 Å². The Morgan fingerprint density at radius 2 is 1.89 bits per heavy atom. The largest absolute Gasteiger partial charge is 0.348 e. The molecule has 1 heterocycles. The molecule has 0 aliphatic heterocycles. The molecule has 3 aromatic rings. The molecular formula is C22H18FN3O2. The Morgan fingerprint density at radius 3 is 2.68 bits per heavy atom. The number of hydrogen-bond acceptors (Lipinski definition) is 3. The van der Waals surface area contributed by atoms with E-state index in [1.165, 1.54) is 30.5 Å². The summed E-state index contributed by atoms with van der Waals surface area (Å²) in [6, 6.07) is 16.5. The second-order valence-electron chi connectivity index (χ2n) is 5.96. The summed E-state index contributed by atoms with van der Waals surface area (Å²) in [5.41, 5.74) is 2.39. The smallest absolute Gasteiger partial charge is 0.253 e. The third-order valence-electron chi connectivity index (χ3n) is 3.91. The van der Waals surface area contributed by atoms with Crippen LogP contribution >= 0.6 is 0 Å². The monoisotopic (exact) mass is 375 g/mol. The molecule has 0 spiro atoms. The first-order chi connectivity index (χ1) is 13.6. The van der Waals surface area contributed by atoms with E-state index in [1.54, 1.807) is 42.6 Å². The summed E-state index contributed by atoms with van der Waals surface area (Å²) in [5, 5.41) is 5.58. The average Bonchev–Trinajstić information content (AvgIpc) is 2.72. The van der Waals surface area contributed by atoms with E-state index in [-0.39, 0.29) is 24.2 Å². The number of amides is 2. The van der Waals surface area contributed by atoms with Gasteiger partial charge >= 0.3 is 0 Å². The fourth-order valence-corrected chi connectivity index (χ4v) is 2.53. The molecule has 140 valence electrons. The zero-order chi connectivity index (χ0) is 19.8. The van der Waals surface area contributed by atoms with E-state index in [1.807, 2.05) is 12.1 Å². The molecule has 0 bridgehead atoms. The minimum absolute atomic E-state index is 0.248. The van der Waals surface area contributed by atoms with Gasteiger partial charge in [-0.1, -0.05) is 30.3 Å². The van der Waals surface area contributed by atoms with E-state index in [9.17, 15) is 14.0 Å². The molecule has 0 fully saturated rings. The van der Waals surface area contributed by atoms with Gasteiger partial charge in [-0.05, 0) is 47.5 Å². The lowest BCUT2D eigenvalue weighted by Crippen LogP contribution is -2.23. The van der Waals surface area contributed by atoms with Crippen molar-refractivity contribution in [2.45, 2.75) is 6.54 Å². The second-order valence-corrected chi connectivity index (χ2v) is 5.96. The predicted octanol–water partition coefficient (Wildman–Crippen LogP) is 3.80. The molecule has 0 saturated heterocycles. The zero-order valence-electron chi connectivity index (χ0n) is 14.9. The number of pyridine rings is 1. The minimum atomic E-state index is -0.364. The first-order valence-electron chi connectivity index (χ1n) is 8.62. The molecule has 0 unspecified atom stereocenters. The van der Waals surface area contributed by atoms with Crippen LogP contribution in [-0.2, 0) is 11.3 Å². The Bertz CT molecular complexity index is 1000. The number of para-hydroxylation sites is 1. The Kier molecular flexibility index (Phi) is 6.25. The predicted molar refractivity (Wildman–Crippen MR) is 106 cm³/mol. The number of hydrogen-bond donors (Lipinski definition) is 2. The Hall–Kier alpha value is -3.80. The SMILES string of the molecule is O=C(/C=C/c1cccc(F)c1)Nc1ccccc1CNC(=O)c1cccnc1. The van der Waals surface area contributed by atoms with Crippen LogP contribution in [0.15, 0.2) is 79.1 Å². The number of aromatic nitrogens is 1. The lowest BCUT2D eigenvalue weighted by Gasteiger charge is -2.11. The van der Waals surface area contributed by atoms with Gasteiger partial charge in [0.05, 0.1) is 5.56 Å². The molecule has 0 aliphatic carbocycles. The van der Waals surface area contributed by atoms with Crippen LogP contribution in [0.25, 0.3) is 6.08 Å². The molecule has 6 heteroatoms. The lowest BCUT2D eigenvalue weighted by atomic mass is 10.1. The zero-order valence-corrected chi connectivity index (χ0v) is 14.9. The number of benzene rings is 2. The molecule has 2 N–H and O–H groups in total. The number of halogens is 1. The lowest BCUT2D eigenvalue weighted by molar-refractivity contribution is -0.111. The van der Waals surface area contributed by atoms with Crippen LogP contribution in [0.3, 0.4) is 0 Å². The molecule has 0 atom stereocenters. The van der Waals surface area contributed by atoms with Crippen molar-refractivity contribution in [3.05, 3.63) is 102 Å². The number of rotatable bonds is 6. The highest BCUT2D eigenvalue weighted by molar-refractivity contribution is 6.02. The molecule has 2 amide bonds. The fraction of sp³-hybridized carbons (Fsp3) is 0.0455. The fourth-order valence-electron chi connectivity index (χ4n) is 2.53. The first-order valence-corrected chi connectivity index (χ1v) is 8.62. The standard InChI is InChI=1S/C22H18FN3O2/c23-19-8-3-5-16(13-19)10-11-21(27)26-20-9-2-1-6-17(20)15-25-22(28)18-7-4-12-24-14-18/h1-14H,15H2,(H,25,28)(H,26,27)/b11-10+. The quantitative estimate of drug-likeness (QED) is 0.644. The van der Waals surface area contributed by atoms with Crippen molar-refractivity contribution in [2.24, 2.45) is 0 Å². The van der Waals surface area contributed by atoms with Gasteiger partial charge in [0, 0.05) is 30.7 Å². The highest BCUT2D eigenvalue weighted by Gasteiger charge is 2.08. The van der Waals surface area contributed by atoms with E-state index in [0.717, 1.165) is 5.56 Å². The van der Waals surface area contributed by atoms with Gasteiger partial charge in [-0.25, -0.2) is 4.39 Å². The molecule has 5 nitrogen and oxygen atoms in total. The van der Waals surface area contributed by atoms with Crippen molar-refractivity contribution >= 4 is 23.6 Å². The molecule has 0 aliphatic rings. The topological polar surface area (TPSA) is 71.1 Å². The van der Waals surface area contributed by atoms with Crippen LogP contribution < -0.4 is 10.6 Å². The molecule has 28 heavy (non-hydrogen) atoms. The van der Waals surface area contributed by atoms with E-state index >= 15 is 0 Å². The van der Waals surface area contributed by atoms with E-state index < -0.39 is 0 Å². The van der Waals surface area contributed by atoms with Gasteiger partial charge in [0.2, 0.25) is 5.91 Å². The number of carbonyl (C=O) groups excluding carboxylic acids is 2. The van der Waals surface area contributed by atoms with E-state index in [0.29, 0.717) is 16.8 Å². The Balaban J connectivity index is 1.63. The van der Waals surface area contributed by atoms with Crippen LogP contribution in [0.4, 0.5) is 10.1 Å². The van der Waals surface area contributed by atoms with E-state index in [4.69, 9.17) is 0 Å². The highest BCUT2D eigenvalue weighted by Crippen LogP contribution is 2.15. The van der Waals surface area contributed by atoms with Gasteiger partial charge in [-0.2, -0.15) is 0 Å². The highest BCUT2D eigenvalue weighted by atomic mass is 19.1. The summed E-state index contributed by atoms with van der Waals surface area (Å²) >= 11 is 0. The van der Waals surface area contributed by atoms with Crippen LogP contribution in [0.5, 0.6) is 0 Å². The molecule has 2 aromatic carbocycles. The Morgan fingerprint density at radius 1 is 1.04 bits per heavy atom. The van der Waals surface area contributed by atoms with Gasteiger partial charge in [-0.3, -0.25) is 14.6 Å². The van der Waals surface area contributed by atoms with Gasteiger partial charge in [0.15, 0.2) is 0 Å². The summed E-state index contributed by atoms with van der Waals surface area (Å²) in [6.07, 6.45) is 5.95. The van der Waals surface area contributed by atoms with Gasteiger partial charge in [0.1, 0.15) is 5.82 Å². The van der Waals surface area contributed by atoms with Crippen molar-refractivity contribution in [1.82, 2.24) is 10.3 Å². The van der Waals surface area contributed by atoms with Gasteiger partial charge in [0.25, 0.3) is 5.91 Å². The number of anilines is 1. The number of carbonyl (C=O) groups is 2. The molecule has 0 radical (unpaired) electrons. The maximum Gasteiger partial charge on any atom is 0.253 e. The summed E-state index contributed by atoms with van der Waals surface area (Å²) < 4.78 is 13.2. The summed E-state index contributed by atoms with van der Waals surface area (Å²) in [5.74, 6) is -0.965. The summed E-state index contributed by atoms with van der Waals surface area (Å²) in [7, 11) is 0. The second kappa shape index (κ2) is 9.23. The van der Waals surface area contributed by atoms with Gasteiger partial charge in [-0.15, -0.1) is 0 Å². The summed E-state index contributed by atoms with van der Waals surface area (Å²) in [6.45, 7) is 0.248. The van der Waals surface area contributed by atoms with Crippen molar-refractivity contribution < 1.29 is 14.0 Å². The Labute approximate surface area is 161 Å². The number of nitrogens with one attached hydrogen (secondary N) is 2. The summed E-state index contributed by atoms with van der Waals surface area (Å²) in [4.78, 5) is 28.3. The first kappa shape index (κ1) is 19.0. The van der Waals surface area contributed by atoms with Crippen molar-refractivity contribution in [1.29, 1.82) is 0 Å². The van der Waals surface area contributed by atoms with Crippen molar-refractivity contribution in [3.8, 4) is 0 Å². The van der Waals surface area contributed by atoms with Crippen molar-refractivity contribution in [3.63, 3.8) is 0 Å². The van der Waals surface area contributed by atoms with Crippen LogP contribution in [0, 0.1) is 5.82 Å². The molecular weight excluding hydrogens is 357 g/mol. The third kappa shape index (κ3) is 5.35. The van der Waals surface area contributed by atoms with E-state index in [2.05, 4.69) is 15.6 Å². The normalized spacial score (nSPS) is 10.6. The van der Waals surface area contributed by atoms with Gasteiger partial charge < -0.3 is 10.6 Å². The maximum absolute atomic E-state index is 13.2. The minimum Gasteiger partial charge on any atom is -0.348 e. The average molecular weight is 375 g/mol. The third-order valence-corrected chi connectivity index (χ3v) is 3.91.